The molecule has 1 fully saturated rings. The third-order valence-electron chi connectivity index (χ3n) is 4.21. The van der Waals surface area contributed by atoms with Gasteiger partial charge in [0.2, 0.25) is 0 Å². The lowest BCUT2D eigenvalue weighted by molar-refractivity contribution is 0.0969. The van der Waals surface area contributed by atoms with Crippen molar-refractivity contribution < 1.29 is 14.3 Å². The molecule has 0 atom stereocenters. The summed E-state index contributed by atoms with van der Waals surface area (Å²) in [6.07, 6.45) is 8.26. The van der Waals surface area contributed by atoms with Crippen LogP contribution in [0.25, 0.3) is 0 Å². The fraction of sp³-hybridized carbons (Fsp3) is 0.588. The number of benzene rings is 1. The van der Waals surface area contributed by atoms with Gasteiger partial charge in [-0.1, -0.05) is 32.1 Å². The summed E-state index contributed by atoms with van der Waals surface area (Å²) in [5.74, 6) is 2.23. The van der Waals surface area contributed by atoms with Crippen LogP contribution >= 0.6 is 0 Å². The predicted molar refractivity (Wildman–Crippen MR) is 79.7 cm³/mol. The molecule has 0 bridgehead atoms. The van der Waals surface area contributed by atoms with E-state index in [1.807, 2.05) is 6.07 Å². The molecule has 3 heteroatoms. The Labute approximate surface area is 121 Å². The van der Waals surface area contributed by atoms with Crippen molar-refractivity contribution in [3.63, 3.8) is 0 Å². The van der Waals surface area contributed by atoms with Gasteiger partial charge in [0.25, 0.3) is 0 Å². The number of rotatable bonds is 6. The highest BCUT2D eigenvalue weighted by molar-refractivity contribution is 5.96. The van der Waals surface area contributed by atoms with Crippen molar-refractivity contribution in [1.82, 2.24) is 0 Å². The lowest BCUT2D eigenvalue weighted by Gasteiger charge is -2.21. The Morgan fingerprint density at radius 3 is 2.45 bits per heavy atom. The van der Waals surface area contributed by atoms with E-state index < -0.39 is 0 Å². The SMILES string of the molecule is COc1ccc(C(=O)CCC2CCCCC2)cc1OC. The molecule has 1 saturated carbocycles. The Bertz CT molecular complexity index is 448. The maximum atomic E-state index is 12.3. The van der Waals surface area contributed by atoms with E-state index in [4.69, 9.17) is 9.47 Å². The minimum atomic E-state index is 0.205. The first-order valence-electron chi connectivity index (χ1n) is 7.50. The van der Waals surface area contributed by atoms with Crippen LogP contribution in [0.1, 0.15) is 55.3 Å². The molecule has 1 aromatic rings. The van der Waals surface area contributed by atoms with E-state index in [9.17, 15) is 4.79 Å². The molecule has 0 N–H and O–H groups in total. The van der Waals surface area contributed by atoms with Gasteiger partial charge in [-0.15, -0.1) is 0 Å². The van der Waals surface area contributed by atoms with Crippen LogP contribution in [0.15, 0.2) is 18.2 Å². The van der Waals surface area contributed by atoms with Crippen molar-refractivity contribution in [3.05, 3.63) is 23.8 Å². The molecule has 3 nitrogen and oxygen atoms in total. The van der Waals surface area contributed by atoms with Crippen LogP contribution in [-0.4, -0.2) is 20.0 Å². The van der Waals surface area contributed by atoms with Gasteiger partial charge in [0.05, 0.1) is 14.2 Å². The van der Waals surface area contributed by atoms with Gasteiger partial charge in [-0.05, 0) is 30.5 Å². The highest BCUT2D eigenvalue weighted by Crippen LogP contribution is 2.30. The standard InChI is InChI=1S/C17H24O3/c1-19-16-11-9-14(12-17(16)20-2)15(18)10-8-13-6-4-3-5-7-13/h9,11-13H,3-8,10H2,1-2H3. The first kappa shape index (κ1) is 14.9. The average Bonchev–Trinajstić information content (AvgIpc) is 2.52. The second kappa shape index (κ2) is 7.32. The Morgan fingerprint density at radius 2 is 1.80 bits per heavy atom. The van der Waals surface area contributed by atoms with E-state index in [-0.39, 0.29) is 5.78 Å². The number of carbonyl (C=O) groups excluding carboxylic acids is 1. The van der Waals surface area contributed by atoms with Gasteiger partial charge in [-0.2, -0.15) is 0 Å². The van der Waals surface area contributed by atoms with Crippen LogP contribution in [0.3, 0.4) is 0 Å². The van der Waals surface area contributed by atoms with Crippen LogP contribution in [0, 0.1) is 5.92 Å². The summed E-state index contributed by atoms with van der Waals surface area (Å²) in [6, 6.07) is 5.40. The minimum absolute atomic E-state index is 0.205. The van der Waals surface area contributed by atoms with Gasteiger partial charge in [0, 0.05) is 12.0 Å². The summed E-state index contributed by atoms with van der Waals surface area (Å²) >= 11 is 0. The maximum absolute atomic E-state index is 12.3. The molecule has 1 aliphatic rings. The molecular formula is C17H24O3. The Morgan fingerprint density at radius 1 is 1.10 bits per heavy atom. The molecule has 1 aromatic carbocycles. The number of methoxy groups -OCH3 is 2. The molecule has 0 amide bonds. The molecule has 2 rings (SSSR count). The minimum Gasteiger partial charge on any atom is -0.493 e. The van der Waals surface area contributed by atoms with E-state index in [2.05, 4.69) is 0 Å². The first-order chi connectivity index (χ1) is 9.74. The fourth-order valence-corrected chi connectivity index (χ4v) is 2.97. The summed E-state index contributed by atoms with van der Waals surface area (Å²) in [6.45, 7) is 0. The van der Waals surface area contributed by atoms with Crippen LogP contribution in [0.4, 0.5) is 0 Å². The molecule has 110 valence electrons. The number of ketones is 1. The van der Waals surface area contributed by atoms with Crippen LogP contribution < -0.4 is 9.47 Å². The predicted octanol–water partition coefficient (Wildman–Crippen LogP) is 4.25. The van der Waals surface area contributed by atoms with Crippen molar-refractivity contribution in [2.75, 3.05) is 14.2 Å². The van der Waals surface area contributed by atoms with E-state index in [1.165, 1.54) is 32.1 Å². The summed E-state index contributed by atoms with van der Waals surface area (Å²) in [7, 11) is 3.19. The summed E-state index contributed by atoms with van der Waals surface area (Å²) < 4.78 is 10.4. The van der Waals surface area contributed by atoms with E-state index in [1.54, 1.807) is 26.4 Å². The Balaban J connectivity index is 1.94. The zero-order chi connectivity index (χ0) is 14.4. The second-order valence-electron chi connectivity index (χ2n) is 5.54. The molecular weight excluding hydrogens is 252 g/mol. The third-order valence-corrected chi connectivity index (χ3v) is 4.21. The van der Waals surface area contributed by atoms with Crippen LogP contribution in [0.2, 0.25) is 0 Å². The average molecular weight is 276 g/mol. The molecule has 1 aliphatic carbocycles. The normalized spacial score (nSPS) is 15.9. The molecule has 0 aliphatic heterocycles. The van der Waals surface area contributed by atoms with Gasteiger partial charge in [-0.25, -0.2) is 0 Å². The Kier molecular flexibility index (Phi) is 5.45. The zero-order valence-electron chi connectivity index (χ0n) is 12.5. The quantitative estimate of drug-likeness (QED) is 0.729. The lowest BCUT2D eigenvalue weighted by atomic mass is 9.85. The molecule has 20 heavy (non-hydrogen) atoms. The van der Waals surface area contributed by atoms with Gasteiger partial charge in [0.1, 0.15) is 0 Å². The maximum Gasteiger partial charge on any atom is 0.163 e. The number of ether oxygens (including phenoxy) is 2. The molecule has 0 unspecified atom stereocenters. The van der Waals surface area contributed by atoms with Gasteiger partial charge in [0.15, 0.2) is 17.3 Å². The van der Waals surface area contributed by atoms with E-state index in [0.29, 0.717) is 17.9 Å². The molecule has 0 radical (unpaired) electrons. The number of Topliss-reactive ketones (excluding diaryl/α,β-unsaturated/α-hetero) is 1. The number of hydrogen-bond donors (Lipinski definition) is 0. The molecule has 0 heterocycles. The Hall–Kier alpha value is -1.51. The van der Waals surface area contributed by atoms with Crippen molar-refractivity contribution in [1.29, 1.82) is 0 Å². The van der Waals surface area contributed by atoms with Crippen molar-refractivity contribution in [2.24, 2.45) is 5.92 Å². The second-order valence-corrected chi connectivity index (χ2v) is 5.54. The zero-order valence-corrected chi connectivity index (χ0v) is 12.5. The summed E-state index contributed by atoms with van der Waals surface area (Å²) in [5, 5.41) is 0. The van der Waals surface area contributed by atoms with E-state index in [0.717, 1.165) is 17.9 Å². The van der Waals surface area contributed by atoms with Crippen LogP contribution in [-0.2, 0) is 0 Å². The fourth-order valence-electron chi connectivity index (χ4n) is 2.97. The summed E-state index contributed by atoms with van der Waals surface area (Å²) in [4.78, 5) is 12.3. The van der Waals surface area contributed by atoms with Gasteiger partial charge >= 0.3 is 0 Å². The van der Waals surface area contributed by atoms with Gasteiger partial charge in [-0.3, -0.25) is 4.79 Å². The van der Waals surface area contributed by atoms with Gasteiger partial charge < -0.3 is 9.47 Å². The third kappa shape index (κ3) is 3.75. The number of carbonyl (C=O) groups is 1. The molecule has 0 saturated heterocycles. The largest absolute Gasteiger partial charge is 0.493 e. The first-order valence-corrected chi connectivity index (χ1v) is 7.50. The summed E-state index contributed by atoms with van der Waals surface area (Å²) in [5.41, 5.74) is 0.721. The van der Waals surface area contributed by atoms with Crippen molar-refractivity contribution in [3.8, 4) is 11.5 Å². The topological polar surface area (TPSA) is 35.5 Å². The van der Waals surface area contributed by atoms with Crippen molar-refractivity contribution >= 4 is 5.78 Å². The van der Waals surface area contributed by atoms with Crippen molar-refractivity contribution in [2.45, 2.75) is 44.9 Å². The smallest absolute Gasteiger partial charge is 0.163 e. The monoisotopic (exact) mass is 276 g/mol. The van der Waals surface area contributed by atoms with E-state index >= 15 is 0 Å². The molecule has 0 aromatic heterocycles. The van der Waals surface area contributed by atoms with Crippen LogP contribution in [0.5, 0.6) is 11.5 Å². The highest BCUT2D eigenvalue weighted by Gasteiger charge is 2.16. The highest BCUT2D eigenvalue weighted by atomic mass is 16.5. The molecule has 0 spiro atoms. The number of hydrogen-bond acceptors (Lipinski definition) is 3. The lowest BCUT2D eigenvalue weighted by Crippen LogP contribution is -2.09.